The van der Waals surface area contributed by atoms with E-state index in [-0.39, 0.29) is 0 Å². The van der Waals surface area contributed by atoms with Crippen LogP contribution in [0.2, 0.25) is 5.02 Å². The summed E-state index contributed by atoms with van der Waals surface area (Å²) >= 11 is 7.53. The third-order valence-electron chi connectivity index (χ3n) is 4.89. The van der Waals surface area contributed by atoms with Gasteiger partial charge in [0.1, 0.15) is 5.75 Å². The van der Waals surface area contributed by atoms with Crippen LogP contribution in [0.1, 0.15) is 5.89 Å². The number of rotatable bonds is 7. The maximum atomic E-state index is 6.07. The molecule has 0 spiro atoms. The second-order valence-electron chi connectivity index (χ2n) is 6.98. The molecule has 2 aromatic heterocycles. The predicted molar refractivity (Wildman–Crippen MR) is 128 cm³/mol. The van der Waals surface area contributed by atoms with Crippen molar-refractivity contribution < 1.29 is 9.26 Å². The molecule has 0 saturated heterocycles. The van der Waals surface area contributed by atoms with Crippen LogP contribution in [0.5, 0.6) is 5.75 Å². The largest absolute Gasteiger partial charge is 0.496 e. The molecule has 0 aliphatic carbocycles. The fourth-order valence-electron chi connectivity index (χ4n) is 3.34. The van der Waals surface area contributed by atoms with Crippen LogP contribution in [0.15, 0.2) is 88.5 Å². The third kappa shape index (κ3) is 4.48. The average Bonchev–Trinajstić information content (AvgIpc) is 3.51. The van der Waals surface area contributed by atoms with Gasteiger partial charge in [0, 0.05) is 16.3 Å². The first kappa shape index (κ1) is 21.2. The summed E-state index contributed by atoms with van der Waals surface area (Å²) in [7, 11) is 1.62. The van der Waals surface area contributed by atoms with Gasteiger partial charge in [-0.3, -0.25) is 4.57 Å². The number of ether oxygens (including phenoxy) is 1. The standard InChI is InChI=1S/C24H18ClN5O2S/c1-31-20-10-6-5-9-19(20)22-26-21(32-29-22)15-33-24-28-27-23(16-11-13-17(25)14-12-16)30(24)18-7-3-2-4-8-18/h2-14H,15H2,1H3. The van der Waals surface area contributed by atoms with Crippen LogP contribution in [0, 0.1) is 0 Å². The Labute approximate surface area is 199 Å². The van der Waals surface area contributed by atoms with Crippen molar-refractivity contribution in [3.63, 3.8) is 0 Å². The van der Waals surface area contributed by atoms with Gasteiger partial charge in [0.15, 0.2) is 11.0 Å². The number of halogens is 1. The average molecular weight is 476 g/mol. The first-order valence-electron chi connectivity index (χ1n) is 10.1. The highest BCUT2D eigenvalue weighted by Crippen LogP contribution is 2.31. The Morgan fingerprint density at radius 3 is 2.48 bits per heavy atom. The van der Waals surface area contributed by atoms with Gasteiger partial charge < -0.3 is 9.26 Å². The summed E-state index contributed by atoms with van der Waals surface area (Å²) in [5.41, 5.74) is 2.64. The summed E-state index contributed by atoms with van der Waals surface area (Å²) in [6.07, 6.45) is 0. The van der Waals surface area contributed by atoms with E-state index in [0.717, 1.165) is 22.6 Å². The predicted octanol–water partition coefficient (Wildman–Crippen LogP) is 5.94. The number of aromatic nitrogens is 5. The molecule has 0 N–H and O–H groups in total. The van der Waals surface area contributed by atoms with E-state index >= 15 is 0 Å². The molecule has 2 heterocycles. The zero-order chi connectivity index (χ0) is 22.6. The Balaban J connectivity index is 1.44. The lowest BCUT2D eigenvalue weighted by atomic mass is 10.2. The van der Waals surface area contributed by atoms with Crippen LogP contribution in [-0.2, 0) is 5.75 Å². The van der Waals surface area contributed by atoms with Crippen LogP contribution in [0.25, 0.3) is 28.5 Å². The Morgan fingerprint density at radius 1 is 0.939 bits per heavy atom. The molecule has 0 fully saturated rings. The minimum absolute atomic E-state index is 0.438. The normalized spacial score (nSPS) is 11.0. The van der Waals surface area contributed by atoms with E-state index in [1.165, 1.54) is 11.8 Å². The van der Waals surface area contributed by atoms with Crippen molar-refractivity contribution in [3.8, 4) is 34.2 Å². The van der Waals surface area contributed by atoms with E-state index in [2.05, 4.69) is 20.3 Å². The summed E-state index contributed by atoms with van der Waals surface area (Å²) < 4.78 is 12.9. The van der Waals surface area contributed by atoms with Crippen LogP contribution >= 0.6 is 23.4 Å². The van der Waals surface area contributed by atoms with Gasteiger partial charge in [-0.25, -0.2) is 0 Å². The van der Waals surface area contributed by atoms with E-state index in [1.54, 1.807) is 7.11 Å². The lowest BCUT2D eigenvalue weighted by molar-refractivity contribution is 0.390. The van der Waals surface area contributed by atoms with Gasteiger partial charge >= 0.3 is 0 Å². The molecule has 7 nitrogen and oxygen atoms in total. The smallest absolute Gasteiger partial charge is 0.237 e. The van der Waals surface area contributed by atoms with Crippen molar-refractivity contribution in [3.05, 3.63) is 89.8 Å². The second-order valence-corrected chi connectivity index (χ2v) is 8.36. The molecule has 0 unspecified atom stereocenters. The topological polar surface area (TPSA) is 78.9 Å². The molecule has 0 atom stereocenters. The third-order valence-corrected chi connectivity index (χ3v) is 6.06. The van der Waals surface area contributed by atoms with Crippen LogP contribution in [-0.4, -0.2) is 32.0 Å². The van der Waals surface area contributed by atoms with Crippen molar-refractivity contribution in [1.82, 2.24) is 24.9 Å². The number of benzene rings is 3. The van der Waals surface area contributed by atoms with Gasteiger partial charge in [-0.2, -0.15) is 4.98 Å². The molecule has 5 aromatic rings. The minimum Gasteiger partial charge on any atom is -0.496 e. The maximum absolute atomic E-state index is 6.07. The first-order valence-corrected chi connectivity index (χ1v) is 11.4. The molecule has 0 aliphatic rings. The Bertz CT molecular complexity index is 1370. The quantitative estimate of drug-likeness (QED) is 0.269. The Kier molecular flexibility index (Phi) is 6.10. The van der Waals surface area contributed by atoms with Crippen LogP contribution in [0.4, 0.5) is 0 Å². The van der Waals surface area contributed by atoms with Gasteiger partial charge in [-0.1, -0.05) is 58.9 Å². The number of methoxy groups -OCH3 is 1. The zero-order valence-electron chi connectivity index (χ0n) is 17.6. The summed E-state index contributed by atoms with van der Waals surface area (Å²) in [6, 6.07) is 25.1. The fraction of sp³-hybridized carbons (Fsp3) is 0.0833. The first-order chi connectivity index (χ1) is 16.2. The molecule has 3 aromatic carbocycles. The number of hydrogen-bond donors (Lipinski definition) is 0. The monoisotopic (exact) mass is 475 g/mol. The van der Waals surface area contributed by atoms with Gasteiger partial charge in [-0.15, -0.1) is 10.2 Å². The molecule has 0 amide bonds. The molecule has 0 saturated carbocycles. The van der Waals surface area contributed by atoms with E-state index < -0.39 is 0 Å². The van der Waals surface area contributed by atoms with Crippen molar-refractivity contribution in [2.24, 2.45) is 0 Å². The van der Waals surface area contributed by atoms with E-state index in [1.807, 2.05) is 83.4 Å². The zero-order valence-corrected chi connectivity index (χ0v) is 19.1. The highest BCUT2D eigenvalue weighted by Gasteiger charge is 2.18. The van der Waals surface area contributed by atoms with Crippen molar-refractivity contribution in [1.29, 1.82) is 0 Å². The van der Waals surface area contributed by atoms with Gasteiger partial charge in [0.25, 0.3) is 0 Å². The van der Waals surface area contributed by atoms with Crippen molar-refractivity contribution in [2.45, 2.75) is 10.9 Å². The molecule has 5 rings (SSSR count). The number of thioether (sulfide) groups is 1. The minimum atomic E-state index is 0.438. The van der Waals surface area contributed by atoms with Gasteiger partial charge in [0.05, 0.1) is 18.4 Å². The molecule has 0 radical (unpaired) electrons. The summed E-state index contributed by atoms with van der Waals surface area (Å²) in [6.45, 7) is 0. The highest BCUT2D eigenvalue weighted by molar-refractivity contribution is 7.98. The molecule has 0 aliphatic heterocycles. The van der Waals surface area contributed by atoms with Crippen molar-refractivity contribution >= 4 is 23.4 Å². The number of nitrogens with zero attached hydrogens (tertiary/aromatic N) is 5. The molecule has 0 bridgehead atoms. The Hall–Kier alpha value is -3.62. The maximum Gasteiger partial charge on any atom is 0.237 e. The SMILES string of the molecule is COc1ccccc1-c1noc(CSc2nnc(-c3ccc(Cl)cc3)n2-c2ccccc2)n1. The van der Waals surface area contributed by atoms with Crippen molar-refractivity contribution in [2.75, 3.05) is 7.11 Å². The van der Waals surface area contributed by atoms with Crippen LogP contribution in [0.3, 0.4) is 0 Å². The van der Waals surface area contributed by atoms with E-state index in [9.17, 15) is 0 Å². The fourth-order valence-corrected chi connectivity index (χ4v) is 4.25. The van der Waals surface area contributed by atoms with Crippen LogP contribution < -0.4 is 4.74 Å². The molecular formula is C24H18ClN5O2S. The summed E-state index contributed by atoms with van der Waals surface area (Å²) in [5.74, 6) is 2.81. The number of hydrogen-bond acceptors (Lipinski definition) is 7. The number of para-hydroxylation sites is 2. The molecule has 9 heteroatoms. The van der Waals surface area contributed by atoms with Gasteiger partial charge in [-0.05, 0) is 48.5 Å². The van der Waals surface area contributed by atoms with E-state index in [4.69, 9.17) is 20.9 Å². The molecule has 164 valence electrons. The Morgan fingerprint density at radius 2 is 1.70 bits per heavy atom. The summed E-state index contributed by atoms with van der Waals surface area (Å²) in [5, 5.41) is 14.4. The molecule has 33 heavy (non-hydrogen) atoms. The second kappa shape index (κ2) is 9.48. The van der Waals surface area contributed by atoms with Gasteiger partial charge in [0.2, 0.25) is 11.7 Å². The van der Waals surface area contributed by atoms with E-state index in [0.29, 0.717) is 33.4 Å². The molecular weight excluding hydrogens is 458 g/mol. The summed E-state index contributed by atoms with van der Waals surface area (Å²) in [4.78, 5) is 4.53. The lowest BCUT2D eigenvalue weighted by Crippen LogP contribution is -1.99. The lowest BCUT2D eigenvalue weighted by Gasteiger charge is -2.09. The highest BCUT2D eigenvalue weighted by atomic mass is 35.5.